The molecule has 0 radical (unpaired) electrons. The van der Waals surface area contributed by atoms with Crippen LogP contribution in [0.3, 0.4) is 0 Å². The van der Waals surface area contributed by atoms with Crippen LogP contribution < -0.4 is 11.1 Å². The monoisotopic (exact) mass is 397 g/mol. The van der Waals surface area contributed by atoms with Crippen molar-refractivity contribution in [2.75, 3.05) is 11.1 Å². The van der Waals surface area contributed by atoms with E-state index in [9.17, 15) is 32.9 Å². The first kappa shape index (κ1) is 20.7. The van der Waals surface area contributed by atoms with Crippen LogP contribution in [0.5, 0.6) is 0 Å². The molecule has 0 saturated carbocycles. The lowest BCUT2D eigenvalue weighted by Crippen LogP contribution is -2.30. The van der Waals surface area contributed by atoms with E-state index in [0.717, 1.165) is 42.5 Å². The Morgan fingerprint density at radius 2 is 1.79 bits per heavy atom. The molecule has 11 heteroatoms. The summed E-state index contributed by atoms with van der Waals surface area (Å²) in [6, 6.07) is 6.83. The van der Waals surface area contributed by atoms with Crippen LogP contribution in [0.25, 0.3) is 0 Å². The first-order chi connectivity index (χ1) is 13.0. The number of carbonyl (C=O) groups excluding carboxylic acids is 2. The molecule has 2 rings (SSSR count). The van der Waals surface area contributed by atoms with Crippen LogP contribution in [0.4, 0.5) is 30.2 Å². The van der Waals surface area contributed by atoms with Gasteiger partial charge in [0.2, 0.25) is 0 Å². The van der Waals surface area contributed by atoms with Gasteiger partial charge in [0.25, 0.3) is 11.6 Å². The number of benzene rings is 2. The molecule has 1 amide bonds. The SMILES string of the molecule is C[C@@H](OC(=O)c1ccc([N+](=O)[O-])cc1N)C(=O)Nc1ccc(C(F)(F)F)cc1. The summed E-state index contributed by atoms with van der Waals surface area (Å²) < 4.78 is 42.5. The van der Waals surface area contributed by atoms with Gasteiger partial charge in [-0.3, -0.25) is 14.9 Å². The summed E-state index contributed by atoms with van der Waals surface area (Å²) in [5, 5.41) is 13.0. The second-order valence-electron chi connectivity index (χ2n) is 5.64. The van der Waals surface area contributed by atoms with Crippen molar-refractivity contribution < 1.29 is 32.4 Å². The molecule has 0 spiro atoms. The number of nitrogens with one attached hydrogen (secondary N) is 1. The number of anilines is 2. The minimum atomic E-state index is -4.50. The molecule has 0 fully saturated rings. The van der Waals surface area contributed by atoms with Crippen molar-refractivity contribution in [1.29, 1.82) is 0 Å². The highest BCUT2D eigenvalue weighted by Gasteiger charge is 2.30. The molecule has 2 aromatic rings. The molecule has 0 bridgehead atoms. The zero-order valence-corrected chi connectivity index (χ0v) is 14.3. The number of alkyl halides is 3. The highest BCUT2D eigenvalue weighted by Crippen LogP contribution is 2.29. The molecule has 1 atom stereocenters. The minimum Gasteiger partial charge on any atom is -0.449 e. The Balaban J connectivity index is 2.02. The maximum Gasteiger partial charge on any atom is 0.416 e. The fourth-order valence-electron chi connectivity index (χ4n) is 2.11. The summed E-state index contributed by atoms with van der Waals surface area (Å²) in [7, 11) is 0. The van der Waals surface area contributed by atoms with Crippen molar-refractivity contribution in [2.45, 2.75) is 19.2 Å². The Hall–Kier alpha value is -3.63. The average Bonchev–Trinajstić information content (AvgIpc) is 2.60. The van der Waals surface area contributed by atoms with Gasteiger partial charge in [0.1, 0.15) is 0 Å². The largest absolute Gasteiger partial charge is 0.449 e. The van der Waals surface area contributed by atoms with Gasteiger partial charge in [0.05, 0.1) is 21.7 Å². The first-order valence-electron chi connectivity index (χ1n) is 7.72. The number of non-ortho nitro benzene ring substituents is 1. The van der Waals surface area contributed by atoms with Gasteiger partial charge in [-0.2, -0.15) is 13.2 Å². The van der Waals surface area contributed by atoms with Gasteiger partial charge < -0.3 is 15.8 Å². The number of amides is 1. The summed E-state index contributed by atoms with van der Waals surface area (Å²) in [6.07, 6.45) is -5.81. The van der Waals surface area contributed by atoms with E-state index in [1.807, 2.05) is 0 Å². The maximum atomic E-state index is 12.5. The Morgan fingerprint density at radius 3 is 2.29 bits per heavy atom. The second-order valence-corrected chi connectivity index (χ2v) is 5.64. The molecule has 0 aliphatic heterocycles. The Kier molecular flexibility index (Phi) is 5.87. The lowest BCUT2D eigenvalue weighted by molar-refractivity contribution is -0.384. The van der Waals surface area contributed by atoms with Gasteiger partial charge >= 0.3 is 12.1 Å². The number of carbonyl (C=O) groups is 2. The number of ether oxygens (including phenoxy) is 1. The lowest BCUT2D eigenvalue weighted by atomic mass is 10.1. The van der Waals surface area contributed by atoms with Gasteiger partial charge in [-0.15, -0.1) is 0 Å². The number of hydrogen-bond acceptors (Lipinski definition) is 6. The molecule has 148 valence electrons. The van der Waals surface area contributed by atoms with E-state index in [1.54, 1.807) is 0 Å². The fraction of sp³-hybridized carbons (Fsp3) is 0.176. The van der Waals surface area contributed by atoms with Crippen molar-refractivity contribution >= 4 is 28.9 Å². The summed E-state index contributed by atoms with van der Waals surface area (Å²) in [5.74, 6) is -1.77. The molecule has 8 nitrogen and oxygen atoms in total. The third-order valence-corrected chi connectivity index (χ3v) is 3.60. The second kappa shape index (κ2) is 7.94. The Labute approximate surface area is 156 Å². The summed E-state index contributed by atoms with van der Waals surface area (Å²) >= 11 is 0. The van der Waals surface area contributed by atoms with E-state index in [1.165, 1.54) is 6.92 Å². The molecule has 0 heterocycles. The van der Waals surface area contributed by atoms with E-state index < -0.39 is 34.6 Å². The van der Waals surface area contributed by atoms with Gasteiger partial charge in [0.15, 0.2) is 6.10 Å². The zero-order valence-electron chi connectivity index (χ0n) is 14.3. The number of hydrogen-bond donors (Lipinski definition) is 2. The van der Waals surface area contributed by atoms with Crippen molar-refractivity contribution in [2.24, 2.45) is 0 Å². The van der Waals surface area contributed by atoms with Gasteiger partial charge in [-0.1, -0.05) is 0 Å². The molecule has 3 N–H and O–H groups in total. The maximum absolute atomic E-state index is 12.5. The summed E-state index contributed by atoms with van der Waals surface area (Å²) in [4.78, 5) is 34.1. The van der Waals surface area contributed by atoms with Gasteiger partial charge in [-0.05, 0) is 37.3 Å². The molecular formula is C17H14F3N3O5. The van der Waals surface area contributed by atoms with Crippen LogP contribution in [-0.2, 0) is 15.7 Å². The number of nitro groups is 1. The predicted molar refractivity (Wildman–Crippen MR) is 92.5 cm³/mol. The normalized spacial score (nSPS) is 12.1. The van der Waals surface area contributed by atoms with E-state index in [0.29, 0.717) is 0 Å². The van der Waals surface area contributed by atoms with E-state index >= 15 is 0 Å². The van der Waals surface area contributed by atoms with Crippen LogP contribution in [0.15, 0.2) is 42.5 Å². The molecular weight excluding hydrogens is 383 g/mol. The molecule has 0 aliphatic rings. The number of nitrogens with two attached hydrogens (primary N) is 1. The summed E-state index contributed by atoms with van der Waals surface area (Å²) in [6.45, 7) is 1.25. The van der Waals surface area contributed by atoms with Crippen LogP contribution in [0.2, 0.25) is 0 Å². The van der Waals surface area contributed by atoms with Crippen LogP contribution in [-0.4, -0.2) is 22.9 Å². The fourth-order valence-corrected chi connectivity index (χ4v) is 2.11. The third-order valence-electron chi connectivity index (χ3n) is 3.60. The molecule has 2 aromatic carbocycles. The number of nitrogen functional groups attached to an aromatic ring is 1. The van der Waals surface area contributed by atoms with Crippen molar-refractivity contribution in [3.05, 3.63) is 63.7 Å². The highest BCUT2D eigenvalue weighted by atomic mass is 19.4. The first-order valence-corrected chi connectivity index (χ1v) is 7.72. The molecule has 0 unspecified atom stereocenters. The van der Waals surface area contributed by atoms with Crippen LogP contribution >= 0.6 is 0 Å². The average molecular weight is 397 g/mol. The predicted octanol–water partition coefficient (Wildman–Crippen LogP) is 3.38. The van der Waals surface area contributed by atoms with Crippen molar-refractivity contribution in [3.8, 4) is 0 Å². The quantitative estimate of drug-likeness (QED) is 0.345. The number of esters is 1. The number of rotatable bonds is 5. The standard InChI is InChI=1S/C17H14F3N3O5/c1-9(15(24)22-11-4-2-10(3-5-11)17(18,19)20)28-16(25)13-7-6-12(23(26)27)8-14(13)21/h2-9H,21H2,1H3,(H,22,24)/t9-/m1/s1. The van der Waals surface area contributed by atoms with Crippen LogP contribution in [0.1, 0.15) is 22.8 Å². The smallest absolute Gasteiger partial charge is 0.416 e. The van der Waals surface area contributed by atoms with E-state index in [-0.39, 0.29) is 22.6 Å². The highest BCUT2D eigenvalue weighted by molar-refractivity contribution is 5.99. The lowest BCUT2D eigenvalue weighted by Gasteiger charge is -2.14. The number of nitrogens with zero attached hydrogens (tertiary/aromatic N) is 1. The van der Waals surface area contributed by atoms with E-state index in [2.05, 4.69) is 5.32 Å². The van der Waals surface area contributed by atoms with Gasteiger partial charge in [-0.25, -0.2) is 4.79 Å². The minimum absolute atomic E-state index is 0.0794. The third kappa shape index (κ3) is 4.96. The Morgan fingerprint density at radius 1 is 1.18 bits per heavy atom. The summed E-state index contributed by atoms with van der Waals surface area (Å²) in [5.41, 5.74) is 4.11. The van der Waals surface area contributed by atoms with Crippen molar-refractivity contribution in [1.82, 2.24) is 0 Å². The van der Waals surface area contributed by atoms with E-state index in [4.69, 9.17) is 10.5 Å². The zero-order chi connectivity index (χ0) is 21.1. The van der Waals surface area contributed by atoms with Crippen LogP contribution in [0, 0.1) is 10.1 Å². The van der Waals surface area contributed by atoms with Crippen molar-refractivity contribution in [3.63, 3.8) is 0 Å². The van der Waals surface area contributed by atoms with Gasteiger partial charge in [0, 0.05) is 17.8 Å². The molecule has 28 heavy (non-hydrogen) atoms. The molecule has 0 aliphatic carbocycles. The Bertz CT molecular complexity index is 913. The number of halogens is 3. The number of nitro benzene ring substituents is 1. The topological polar surface area (TPSA) is 125 Å². The molecule has 0 saturated heterocycles. The molecule has 0 aromatic heterocycles.